The van der Waals surface area contributed by atoms with Gasteiger partial charge in [-0.15, -0.1) is 5.10 Å². The molecule has 0 radical (unpaired) electrons. The van der Waals surface area contributed by atoms with E-state index >= 15 is 0 Å². The van der Waals surface area contributed by atoms with Crippen molar-refractivity contribution in [2.24, 2.45) is 5.73 Å². The number of rotatable bonds is 4. The summed E-state index contributed by atoms with van der Waals surface area (Å²) in [5, 5.41) is 6.88. The summed E-state index contributed by atoms with van der Waals surface area (Å²) in [6, 6.07) is 0. The molecule has 0 saturated heterocycles. The lowest BCUT2D eigenvalue weighted by Crippen LogP contribution is -2.51. The Bertz CT molecular complexity index is 412. The molecule has 0 unspecified atom stereocenters. The summed E-state index contributed by atoms with van der Waals surface area (Å²) < 4.78 is 3.83. The standard InChI is InChI=1S/C12H20N4OS/c1-2-9-10(18-16-15-9)11(17)14-8-12(13)6-4-3-5-7-12/h2-8,13H2,1H3,(H,14,17). The maximum Gasteiger partial charge on any atom is 0.265 e. The van der Waals surface area contributed by atoms with Gasteiger partial charge < -0.3 is 11.1 Å². The molecule has 0 bridgehead atoms. The number of amides is 1. The van der Waals surface area contributed by atoms with Crippen LogP contribution in [0.5, 0.6) is 0 Å². The van der Waals surface area contributed by atoms with Crippen molar-refractivity contribution in [2.45, 2.75) is 51.0 Å². The molecule has 3 N–H and O–H groups in total. The van der Waals surface area contributed by atoms with Crippen LogP contribution in [0, 0.1) is 0 Å². The van der Waals surface area contributed by atoms with Crippen LogP contribution in [0.1, 0.15) is 54.4 Å². The van der Waals surface area contributed by atoms with E-state index in [1.165, 1.54) is 6.42 Å². The van der Waals surface area contributed by atoms with Crippen LogP contribution in [0.4, 0.5) is 0 Å². The largest absolute Gasteiger partial charge is 0.349 e. The monoisotopic (exact) mass is 268 g/mol. The minimum Gasteiger partial charge on any atom is -0.349 e. The highest BCUT2D eigenvalue weighted by molar-refractivity contribution is 7.08. The predicted octanol–water partition coefficient (Wildman–Crippen LogP) is 1.49. The third-order valence-corrected chi connectivity index (χ3v) is 4.31. The van der Waals surface area contributed by atoms with Crippen molar-refractivity contribution in [2.75, 3.05) is 6.54 Å². The van der Waals surface area contributed by atoms with Crippen molar-refractivity contribution in [3.8, 4) is 0 Å². The second-order valence-corrected chi connectivity index (χ2v) is 5.76. The van der Waals surface area contributed by atoms with E-state index in [1.807, 2.05) is 6.92 Å². The van der Waals surface area contributed by atoms with Crippen molar-refractivity contribution in [1.82, 2.24) is 14.9 Å². The van der Waals surface area contributed by atoms with Crippen LogP contribution in [-0.2, 0) is 6.42 Å². The molecule has 1 aliphatic rings. The Morgan fingerprint density at radius 1 is 1.44 bits per heavy atom. The number of hydrogen-bond donors (Lipinski definition) is 2. The molecule has 1 aliphatic carbocycles. The van der Waals surface area contributed by atoms with E-state index in [2.05, 4.69) is 14.9 Å². The highest BCUT2D eigenvalue weighted by Crippen LogP contribution is 2.25. The van der Waals surface area contributed by atoms with Gasteiger partial charge in [0.25, 0.3) is 5.91 Å². The first-order valence-corrected chi connectivity index (χ1v) is 7.30. The lowest BCUT2D eigenvalue weighted by Gasteiger charge is -2.33. The first-order chi connectivity index (χ1) is 8.64. The number of nitrogens with one attached hydrogen (secondary N) is 1. The average Bonchev–Trinajstić information content (AvgIpc) is 2.85. The number of hydrogen-bond acceptors (Lipinski definition) is 5. The fourth-order valence-electron chi connectivity index (χ4n) is 2.38. The molecule has 6 heteroatoms. The normalized spacial score (nSPS) is 18.6. The van der Waals surface area contributed by atoms with Gasteiger partial charge in [0.15, 0.2) is 0 Å². The lowest BCUT2D eigenvalue weighted by molar-refractivity contribution is 0.0940. The lowest BCUT2D eigenvalue weighted by atomic mass is 9.82. The van der Waals surface area contributed by atoms with Gasteiger partial charge in [-0.3, -0.25) is 4.79 Å². The minimum atomic E-state index is -0.224. The quantitative estimate of drug-likeness (QED) is 0.867. The van der Waals surface area contributed by atoms with E-state index in [9.17, 15) is 4.79 Å². The third kappa shape index (κ3) is 3.05. The van der Waals surface area contributed by atoms with Gasteiger partial charge in [-0.25, -0.2) is 0 Å². The van der Waals surface area contributed by atoms with Crippen LogP contribution in [0.2, 0.25) is 0 Å². The number of aryl methyl sites for hydroxylation is 1. The Balaban J connectivity index is 1.92. The molecule has 5 nitrogen and oxygen atoms in total. The number of aromatic nitrogens is 2. The number of carbonyl (C=O) groups excluding carboxylic acids is 1. The zero-order chi connectivity index (χ0) is 13.0. The number of carbonyl (C=O) groups is 1. The van der Waals surface area contributed by atoms with Crippen molar-refractivity contribution in [3.05, 3.63) is 10.6 Å². The molecule has 1 fully saturated rings. The Morgan fingerprint density at radius 2 is 2.17 bits per heavy atom. The van der Waals surface area contributed by atoms with Crippen LogP contribution >= 0.6 is 11.5 Å². The SMILES string of the molecule is CCc1nnsc1C(=O)NCC1(N)CCCCC1. The zero-order valence-electron chi connectivity index (χ0n) is 10.7. The highest BCUT2D eigenvalue weighted by atomic mass is 32.1. The molecule has 100 valence electrons. The van der Waals surface area contributed by atoms with Gasteiger partial charge >= 0.3 is 0 Å². The molecule has 0 aliphatic heterocycles. The van der Waals surface area contributed by atoms with E-state index < -0.39 is 0 Å². The van der Waals surface area contributed by atoms with E-state index in [4.69, 9.17) is 5.73 Å². The molecular formula is C12H20N4OS. The van der Waals surface area contributed by atoms with Crippen molar-refractivity contribution < 1.29 is 4.79 Å². The topological polar surface area (TPSA) is 80.9 Å². The molecule has 0 atom stereocenters. The van der Waals surface area contributed by atoms with Gasteiger partial charge in [0.05, 0.1) is 5.69 Å². The van der Waals surface area contributed by atoms with Crippen LogP contribution in [0.25, 0.3) is 0 Å². The molecule has 1 heterocycles. The summed E-state index contributed by atoms with van der Waals surface area (Å²) in [6.07, 6.45) is 6.30. The zero-order valence-corrected chi connectivity index (χ0v) is 11.6. The molecule has 1 aromatic heterocycles. The van der Waals surface area contributed by atoms with Gasteiger partial charge in [-0.2, -0.15) is 0 Å². The van der Waals surface area contributed by atoms with Gasteiger partial charge in [0.2, 0.25) is 0 Å². The van der Waals surface area contributed by atoms with E-state index in [0.29, 0.717) is 11.4 Å². The van der Waals surface area contributed by atoms with E-state index in [-0.39, 0.29) is 11.4 Å². The molecule has 0 aromatic carbocycles. The summed E-state index contributed by atoms with van der Waals surface area (Å²) in [5.41, 5.74) is 6.84. The van der Waals surface area contributed by atoms with Crippen LogP contribution in [0.3, 0.4) is 0 Å². The van der Waals surface area contributed by atoms with Crippen LogP contribution < -0.4 is 11.1 Å². The smallest absolute Gasteiger partial charge is 0.265 e. The van der Waals surface area contributed by atoms with Crippen molar-refractivity contribution in [3.63, 3.8) is 0 Å². The summed E-state index contributed by atoms with van der Waals surface area (Å²) in [6.45, 7) is 2.52. The summed E-state index contributed by atoms with van der Waals surface area (Å²) in [5.74, 6) is -0.0859. The Kier molecular flexibility index (Phi) is 4.29. The van der Waals surface area contributed by atoms with E-state index in [0.717, 1.165) is 49.3 Å². The molecular weight excluding hydrogens is 248 g/mol. The number of nitrogens with two attached hydrogens (primary N) is 1. The maximum absolute atomic E-state index is 12.0. The fourth-order valence-corrected chi connectivity index (χ4v) is 3.05. The summed E-state index contributed by atoms with van der Waals surface area (Å²) in [4.78, 5) is 12.7. The van der Waals surface area contributed by atoms with Crippen LogP contribution in [-0.4, -0.2) is 27.6 Å². The molecule has 0 spiro atoms. The molecule has 2 rings (SSSR count). The molecule has 1 saturated carbocycles. The minimum absolute atomic E-state index is 0.0859. The summed E-state index contributed by atoms with van der Waals surface area (Å²) >= 11 is 1.15. The summed E-state index contributed by atoms with van der Waals surface area (Å²) in [7, 11) is 0. The first kappa shape index (κ1) is 13.4. The van der Waals surface area contributed by atoms with Crippen molar-refractivity contribution in [1.29, 1.82) is 0 Å². The highest BCUT2D eigenvalue weighted by Gasteiger charge is 2.28. The molecule has 1 amide bonds. The van der Waals surface area contributed by atoms with Gasteiger partial charge in [0.1, 0.15) is 4.88 Å². The Morgan fingerprint density at radius 3 is 2.83 bits per heavy atom. The second-order valence-electron chi connectivity index (χ2n) is 5.01. The van der Waals surface area contributed by atoms with Crippen molar-refractivity contribution >= 4 is 17.4 Å². The maximum atomic E-state index is 12.0. The second kappa shape index (κ2) is 5.75. The van der Waals surface area contributed by atoms with Crippen LogP contribution in [0.15, 0.2) is 0 Å². The van der Waals surface area contributed by atoms with Gasteiger partial charge in [-0.05, 0) is 30.8 Å². The van der Waals surface area contributed by atoms with Gasteiger partial charge in [-0.1, -0.05) is 30.7 Å². The Hall–Kier alpha value is -1.01. The average molecular weight is 268 g/mol. The van der Waals surface area contributed by atoms with E-state index in [1.54, 1.807) is 0 Å². The van der Waals surface area contributed by atoms with Gasteiger partial charge in [0, 0.05) is 12.1 Å². The molecule has 18 heavy (non-hydrogen) atoms. The first-order valence-electron chi connectivity index (χ1n) is 6.53. The molecule has 1 aromatic rings. The number of nitrogens with zero attached hydrogens (tertiary/aromatic N) is 2. The predicted molar refractivity (Wildman–Crippen MR) is 71.6 cm³/mol. The Labute approximate surface area is 111 Å². The fraction of sp³-hybridized carbons (Fsp3) is 0.750. The third-order valence-electron chi connectivity index (χ3n) is 3.55.